The molecular formula is C39H41N3O10S4. The minimum atomic E-state index is -1.98. The van der Waals surface area contributed by atoms with Gasteiger partial charge >= 0.3 is 6.09 Å². The van der Waals surface area contributed by atoms with Gasteiger partial charge in [-0.25, -0.2) is 4.79 Å². The third kappa shape index (κ3) is 8.72. The number of methoxy groups -OCH3 is 2. The number of hydrogen-bond acceptors (Lipinski definition) is 14. The standard InChI is InChI=1S/C39H41N3O10S4/c1-7-8-9-10-11-12-29(30-24(16-18-56(6,53)54)27(44)20-28(45)32(30)42-38(48)50-4)52-37-34(49-3)36(47)39(55-5,21(2)51-37)35(46)33-31-23(15-17-40-33)25-19-22(43)13-14-26(25)41-31/h9-10,13-17,19,21,27,29,34,36-37,41,43-44,47H,18,20H2,1-6H3,(H,42,48)/b10-9-,24-16-/t21?,27-,29-,34?,36?,37?,39?/m0/s1. The van der Waals surface area contributed by atoms with Crippen LogP contribution in [0.1, 0.15) is 30.8 Å². The monoisotopic (exact) mass is 839 g/mol. The van der Waals surface area contributed by atoms with Gasteiger partial charge < -0.3 is 39.3 Å². The number of ether oxygens (including phenoxy) is 4. The summed E-state index contributed by atoms with van der Waals surface area (Å²) in [5.74, 6) is 10.3. The van der Waals surface area contributed by atoms with Crippen molar-refractivity contribution < 1.29 is 48.7 Å². The summed E-state index contributed by atoms with van der Waals surface area (Å²) in [4.78, 5) is 48.5. The summed E-state index contributed by atoms with van der Waals surface area (Å²) < 4.78 is 21.9. The molecule has 296 valence electrons. The van der Waals surface area contributed by atoms with Crippen LogP contribution in [0.2, 0.25) is 0 Å². The van der Waals surface area contributed by atoms with Crippen LogP contribution in [-0.2, 0) is 53.3 Å². The predicted molar refractivity (Wildman–Crippen MR) is 221 cm³/mol. The molecule has 1 aliphatic carbocycles. The summed E-state index contributed by atoms with van der Waals surface area (Å²) in [5, 5.41) is 37.4. The van der Waals surface area contributed by atoms with Crippen molar-refractivity contribution in [3.05, 3.63) is 71.2 Å². The van der Waals surface area contributed by atoms with E-state index in [0.717, 1.165) is 18.9 Å². The zero-order chi connectivity index (χ0) is 40.9. The Morgan fingerprint density at radius 1 is 1.21 bits per heavy atom. The van der Waals surface area contributed by atoms with Gasteiger partial charge in [0.15, 0.2) is 12.1 Å². The van der Waals surface area contributed by atoms with Crippen molar-refractivity contribution in [2.75, 3.05) is 32.5 Å². The number of nitrogens with zero attached hydrogens (tertiary/aromatic N) is 1. The fraction of sp³-hybridized carbons (Fsp3) is 0.385. The summed E-state index contributed by atoms with van der Waals surface area (Å²) in [7, 11) is 0.463. The lowest BCUT2D eigenvalue weighted by atomic mass is 9.82. The minimum absolute atomic E-state index is 0.00521. The zero-order valence-electron chi connectivity index (χ0n) is 31.3. The smallest absolute Gasteiger partial charge is 0.411 e. The van der Waals surface area contributed by atoms with Gasteiger partial charge in [-0.15, -0.1) is 17.7 Å². The third-order valence-corrected chi connectivity index (χ3v) is 12.4. The van der Waals surface area contributed by atoms with Gasteiger partial charge in [-0.1, -0.05) is 31.0 Å². The van der Waals surface area contributed by atoms with Crippen molar-refractivity contribution in [3.63, 3.8) is 0 Å². The second kappa shape index (κ2) is 18.0. The van der Waals surface area contributed by atoms with Crippen LogP contribution in [0.25, 0.3) is 21.8 Å². The van der Waals surface area contributed by atoms with E-state index in [1.165, 1.54) is 31.5 Å². The van der Waals surface area contributed by atoms with Crippen LogP contribution < -0.4 is 5.32 Å². The molecule has 5 rings (SSSR count). The number of alkyl carbamates (subject to hydrolysis) is 1. The van der Waals surface area contributed by atoms with Crippen LogP contribution in [-0.4, -0.2) is 117 Å². The number of phenolic OH excluding ortho intramolecular Hbond substituents is 1. The molecule has 2 aliphatic rings. The van der Waals surface area contributed by atoms with Gasteiger partial charge in [0.25, 0.3) is 0 Å². The van der Waals surface area contributed by atoms with E-state index in [2.05, 4.69) is 39.0 Å². The Labute approximate surface area is 338 Å². The number of hydrogen-bond donors (Lipinski definition) is 5. The Balaban J connectivity index is 1.62. The number of Topliss-reactive ketones (excluding diaryl/α,β-unsaturated/α-hetero) is 2. The van der Waals surface area contributed by atoms with Gasteiger partial charge in [0.2, 0.25) is 5.78 Å². The van der Waals surface area contributed by atoms with Gasteiger partial charge in [-0.05, 0) is 90.7 Å². The second-order valence-corrected chi connectivity index (χ2v) is 21.2. The number of carbonyl (C=O) groups is 3. The number of ketones is 2. The largest absolute Gasteiger partial charge is 0.508 e. The molecule has 1 aliphatic heterocycles. The number of aromatic amines is 1. The first-order valence-electron chi connectivity index (χ1n) is 17.1. The number of aliphatic hydroxyl groups is 2. The molecule has 2 aromatic heterocycles. The molecule has 3 aromatic rings. The lowest BCUT2D eigenvalue weighted by Crippen LogP contribution is -2.68. The molecule has 5 N–H and O–H groups in total. The molecular weight excluding hydrogens is 799 g/mol. The lowest BCUT2D eigenvalue weighted by molar-refractivity contribution is -0.278. The van der Waals surface area contributed by atoms with Crippen LogP contribution in [0, 0.1) is 23.7 Å². The Kier molecular flexibility index (Phi) is 13.8. The van der Waals surface area contributed by atoms with Crippen molar-refractivity contribution in [3.8, 4) is 29.4 Å². The van der Waals surface area contributed by atoms with Gasteiger partial charge in [0.05, 0.1) is 30.5 Å². The molecule has 1 amide bonds. The molecule has 0 bridgehead atoms. The number of rotatable bonds is 10. The van der Waals surface area contributed by atoms with Crippen LogP contribution in [0.5, 0.6) is 5.75 Å². The summed E-state index contributed by atoms with van der Waals surface area (Å²) in [5.41, 5.74) is 1.05. The van der Waals surface area contributed by atoms with E-state index >= 15 is 0 Å². The number of nitrogens with one attached hydrogen (secondary N) is 2. The molecule has 17 heteroatoms. The molecule has 0 spiro atoms. The molecule has 0 radical (unpaired) electrons. The normalized spacial score (nSPS) is 25.5. The fourth-order valence-corrected chi connectivity index (χ4v) is 8.69. The number of aromatic nitrogens is 2. The second-order valence-electron chi connectivity index (χ2n) is 12.9. The first-order valence-corrected chi connectivity index (χ1v) is 22.4. The molecule has 7 atom stereocenters. The first-order chi connectivity index (χ1) is 26.6. The SMILES string of the molecule is CC#C/C=C\C#C[C@H](OC1OC(C)C(SC)(C(=O)c2nccc3c2[nH]c2ccc(O)cc23)C(O)C1OC)C1=C(NC(=O)OC)C(=O)C[C@H](O)/C1=C/CS(C)(=S)=S. The number of amides is 1. The van der Waals surface area contributed by atoms with Crippen LogP contribution in [0.3, 0.4) is 0 Å². The van der Waals surface area contributed by atoms with Crippen LogP contribution in [0.15, 0.2) is 65.5 Å². The number of thioether (sulfide) groups is 1. The van der Waals surface area contributed by atoms with Crippen molar-refractivity contribution in [1.82, 2.24) is 15.3 Å². The molecule has 3 heterocycles. The average molecular weight is 840 g/mol. The fourth-order valence-electron chi connectivity index (χ4n) is 6.75. The van der Waals surface area contributed by atoms with Gasteiger partial charge in [0.1, 0.15) is 34.5 Å². The van der Waals surface area contributed by atoms with Crippen LogP contribution in [0.4, 0.5) is 4.79 Å². The van der Waals surface area contributed by atoms with Gasteiger partial charge in [-0.3, -0.25) is 19.9 Å². The summed E-state index contributed by atoms with van der Waals surface area (Å²) >= 11 is 12.0. The molecule has 0 saturated carbocycles. The number of H-pyrrole nitrogens is 1. The van der Waals surface area contributed by atoms with Crippen molar-refractivity contribution in [2.45, 2.75) is 61.8 Å². The Hall–Kier alpha value is -4.14. The third-order valence-electron chi connectivity index (χ3n) is 9.40. The maximum Gasteiger partial charge on any atom is 0.411 e. The lowest BCUT2D eigenvalue weighted by Gasteiger charge is -2.49. The Morgan fingerprint density at radius 3 is 2.61 bits per heavy atom. The van der Waals surface area contributed by atoms with E-state index in [1.807, 2.05) is 0 Å². The van der Waals surface area contributed by atoms with Gasteiger partial charge in [-0.2, -0.15) is 0 Å². The van der Waals surface area contributed by atoms with E-state index < -0.39 is 66.4 Å². The van der Waals surface area contributed by atoms with Crippen molar-refractivity contribution in [2.24, 2.45) is 0 Å². The van der Waals surface area contributed by atoms with E-state index in [1.54, 1.807) is 50.6 Å². The quantitative estimate of drug-likeness (QED) is 0.148. The molecule has 13 nitrogen and oxygen atoms in total. The molecule has 1 fully saturated rings. The molecule has 56 heavy (non-hydrogen) atoms. The number of aliphatic hydroxyl groups excluding tert-OH is 2. The molecule has 5 unspecified atom stereocenters. The van der Waals surface area contributed by atoms with Crippen LogP contribution >= 0.6 is 11.8 Å². The highest BCUT2D eigenvalue weighted by Gasteiger charge is 2.60. The van der Waals surface area contributed by atoms with E-state index in [9.17, 15) is 29.7 Å². The molecule has 1 aromatic carbocycles. The highest BCUT2D eigenvalue weighted by atomic mass is 33.1. The number of phenols is 1. The van der Waals surface area contributed by atoms with Gasteiger partial charge in [0, 0.05) is 47.3 Å². The Bertz CT molecular complexity index is 2380. The van der Waals surface area contributed by atoms with E-state index in [-0.39, 0.29) is 40.5 Å². The minimum Gasteiger partial charge on any atom is -0.508 e. The average Bonchev–Trinajstić information content (AvgIpc) is 3.52. The maximum absolute atomic E-state index is 14.8. The zero-order valence-corrected chi connectivity index (χ0v) is 34.5. The van der Waals surface area contributed by atoms with E-state index in [0.29, 0.717) is 21.8 Å². The number of benzene rings is 1. The van der Waals surface area contributed by atoms with Crippen molar-refractivity contribution >= 4 is 80.8 Å². The maximum atomic E-state index is 14.8. The topological polar surface area (TPSA) is 190 Å². The van der Waals surface area contributed by atoms with E-state index in [4.69, 9.17) is 41.3 Å². The number of allylic oxidation sites excluding steroid dienone is 3. The number of aromatic hydroxyl groups is 1. The summed E-state index contributed by atoms with van der Waals surface area (Å²) in [6.45, 7) is 3.26. The summed E-state index contributed by atoms with van der Waals surface area (Å²) in [6.07, 6.45) is -0.115. The van der Waals surface area contributed by atoms with Crippen molar-refractivity contribution in [1.29, 1.82) is 0 Å². The Morgan fingerprint density at radius 2 is 1.95 bits per heavy atom. The highest BCUT2D eigenvalue weighted by Crippen LogP contribution is 2.45. The predicted octanol–water partition coefficient (Wildman–Crippen LogP) is 3.37. The first kappa shape index (κ1) is 43.0. The summed E-state index contributed by atoms with van der Waals surface area (Å²) in [6, 6.07) is 6.52. The number of pyridine rings is 1. The number of fused-ring (bicyclic) bond motifs is 3. The molecule has 1 saturated heterocycles. The highest BCUT2D eigenvalue weighted by molar-refractivity contribution is 8.56. The number of carbonyl (C=O) groups excluding carboxylic acids is 3.